The van der Waals surface area contributed by atoms with Crippen molar-refractivity contribution in [3.63, 3.8) is 0 Å². The fourth-order valence-corrected chi connectivity index (χ4v) is 2.43. The van der Waals surface area contributed by atoms with Crippen LogP contribution in [0.15, 0.2) is 41.8 Å². The lowest BCUT2D eigenvalue weighted by Gasteiger charge is -2.04. The maximum atomic E-state index is 11.7. The Morgan fingerprint density at radius 2 is 2.05 bits per heavy atom. The summed E-state index contributed by atoms with van der Waals surface area (Å²) in [5, 5.41) is 13.6. The van der Waals surface area contributed by atoms with E-state index in [0.717, 1.165) is 12.0 Å². The van der Waals surface area contributed by atoms with E-state index in [1.165, 1.54) is 4.88 Å². The molecule has 0 bridgehead atoms. The van der Waals surface area contributed by atoms with Crippen LogP contribution in [0.3, 0.4) is 0 Å². The molecule has 0 aliphatic heterocycles. The van der Waals surface area contributed by atoms with E-state index in [1.807, 2.05) is 23.6 Å². The molecule has 1 aromatic heterocycles. The molecule has 2 aromatic rings. The largest absolute Gasteiger partial charge is 0.355 e. The number of carbonyl (C=O) groups is 1. The van der Waals surface area contributed by atoms with Gasteiger partial charge >= 0.3 is 0 Å². The highest BCUT2D eigenvalue weighted by atomic mass is 32.1. The van der Waals surface area contributed by atoms with Crippen LogP contribution in [-0.2, 0) is 17.6 Å². The summed E-state index contributed by atoms with van der Waals surface area (Å²) in [6.45, 7) is 0.662. The molecule has 0 unspecified atom stereocenters. The van der Waals surface area contributed by atoms with Crippen LogP contribution in [0.5, 0.6) is 0 Å². The van der Waals surface area contributed by atoms with Gasteiger partial charge in [0.15, 0.2) is 0 Å². The van der Waals surface area contributed by atoms with Gasteiger partial charge in [0.05, 0.1) is 18.1 Å². The summed E-state index contributed by atoms with van der Waals surface area (Å²) in [4.78, 5) is 13.0. The Balaban J connectivity index is 1.76. The predicted molar refractivity (Wildman–Crippen MR) is 75.9 cm³/mol. The second-order valence-corrected chi connectivity index (χ2v) is 5.20. The van der Waals surface area contributed by atoms with Gasteiger partial charge in [-0.3, -0.25) is 4.79 Å². The van der Waals surface area contributed by atoms with E-state index in [-0.39, 0.29) is 5.91 Å². The number of hydrogen-bond acceptors (Lipinski definition) is 3. The summed E-state index contributed by atoms with van der Waals surface area (Å²) < 4.78 is 0. The zero-order valence-electron chi connectivity index (χ0n) is 10.4. The van der Waals surface area contributed by atoms with Gasteiger partial charge in [-0.25, -0.2) is 0 Å². The van der Waals surface area contributed by atoms with E-state index in [1.54, 1.807) is 23.5 Å². The Labute approximate surface area is 116 Å². The number of rotatable bonds is 5. The minimum atomic E-state index is 0.0151. The van der Waals surface area contributed by atoms with Crippen LogP contribution in [-0.4, -0.2) is 12.5 Å². The minimum Gasteiger partial charge on any atom is -0.355 e. The lowest BCUT2D eigenvalue weighted by molar-refractivity contribution is -0.120. The first kappa shape index (κ1) is 13.3. The summed E-state index contributed by atoms with van der Waals surface area (Å²) in [5.74, 6) is 0.0151. The average Bonchev–Trinajstić information content (AvgIpc) is 2.93. The molecule has 0 radical (unpaired) electrons. The molecule has 0 spiro atoms. The Bertz CT molecular complexity index is 567. The maximum absolute atomic E-state index is 11.7. The number of thiophene rings is 1. The monoisotopic (exact) mass is 270 g/mol. The molecule has 0 saturated carbocycles. The molecular weight excluding hydrogens is 256 g/mol. The van der Waals surface area contributed by atoms with E-state index in [4.69, 9.17) is 5.26 Å². The number of nitrogens with zero attached hydrogens (tertiary/aromatic N) is 1. The van der Waals surface area contributed by atoms with E-state index < -0.39 is 0 Å². The molecule has 0 fully saturated rings. The van der Waals surface area contributed by atoms with Gasteiger partial charge in [-0.1, -0.05) is 18.2 Å². The van der Waals surface area contributed by atoms with Crippen molar-refractivity contribution in [2.24, 2.45) is 0 Å². The first-order valence-electron chi connectivity index (χ1n) is 6.06. The zero-order valence-corrected chi connectivity index (χ0v) is 11.2. The second kappa shape index (κ2) is 6.72. The minimum absolute atomic E-state index is 0.0151. The van der Waals surface area contributed by atoms with Gasteiger partial charge in [-0.15, -0.1) is 11.3 Å². The van der Waals surface area contributed by atoms with Crippen LogP contribution in [0, 0.1) is 11.3 Å². The summed E-state index contributed by atoms with van der Waals surface area (Å²) >= 11 is 1.70. The molecule has 0 saturated heterocycles. The Kier molecular flexibility index (Phi) is 4.71. The van der Waals surface area contributed by atoms with Crippen LogP contribution < -0.4 is 5.32 Å². The molecule has 1 heterocycles. The van der Waals surface area contributed by atoms with Gasteiger partial charge in [0.2, 0.25) is 5.91 Å². The third kappa shape index (κ3) is 4.23. The van der Waals surface area contributed by atoms with Crippen molar-refractivity contribution in [1.82, 2.24) is 5.32 Å². The van der Waals surface area contributed by atoms with Crippen molar-refractivity contribution >= 4 is 17.2 Å². The molecule has 1 aromatic carbocycles. The number of nitrogens with one attached hydrogen (secondary N) is 1. The summed E-state index contributed by atoms with van der Waals surface area (Å²) in [7, 11) is 0. The molecule has 0 aliphatic carbocycles. The first-order chi connectivity index (χ1) is 9.28. The number of carbonyl (C=O) groups excluding carboxylic acids is 1. The van der Waals surface area contributed by atoms with Crippen molar-refractivity contribution in [3.8, 4) is 6.07 Å². The van der Waals surface area contributed by atoms with Crippen molar-refractivity contribution in [2.75, 3.05) is 6.54 Å². The Morgan fingerprint density at radius 3 is 2.68 bits per heavy atom. The number of amides is 1. The predicted octanol–water partition coefficient (Wildman–Crippen LogP) is 2.52. The molecule has 0 atom stereocenters. The van der Waals surface area contributed by atoms with E-state index >= 15 is 0 Å². The Morgan fingerprint density at radius 1 is 1.26 bits per heavy atom. The van der Waals surface area contributed by atoms with E-state index in [2.05, 4.69) is 17.5 Å². The SMILES string of the molecule is N#Cc1ccc(CC(=O)NCCc2cccs2)cc1. The van der Waals surface area contributed by atoms with Gasteiger partial charge < -0.3 is 5.32 Å². The number of hydrogen-bond donors (Lipinski definition) is 1. The lowest BCUT2D eigenvalue weighted by atomic mass is 10.1. The van der Waals surface area contributed by atoms with Gasteiger partial charge in [0.25, 0.3) is 0 Å². The number of nitriles is 1. The van der Waals surface area contributed by atoms with Crippen LogP contribution in [0.25, 0.3) is 0 Å². The fraction of sp³-hybridized carbons (Fsp3) is 0.200. The molecule has 3 nitrogen and oxygen atoms in total. The van der Waals surface area contributed by atoms with E-state index in [0.29, 0.717) is 18.5 Å². The molecule has 2 rings (SSSR count). The topological polar surface area (TPSA) is 52.9 Å². The molecule has 4 heteroatoms. The highest BCUT2D eigenvalue weighted by Crippen LogP contribution is 2.08. The molecule has 1 amide bonds. The summed E-state index contributed by atoms with van der Waals surface area (Å²) in [5.41, 5.74) is 1.54. The quantitative estimate of drug-likeness (QED) is 0.907. The smallest absolute Gasteiger partial charge is 0.224 e. The van der Waals surface area contributed by atoms with E-state index in [9.17, 15) is 4.79 Å². The molecule has 19 heavy (non-hydrogen) atoms. The standard InChI is InChI=1S/C15H14N2OS/c16-11-13-5-3-12(4-6-13)10-15(18)17-8-7-14-2-1-9-19-14/h1-6,9H,7-8,10H2,(H,17,18). The first-order valence-corrected chi connectivity index (χ1v) is 6.94. The van der Waals surface area contributed by atoms with Crippen LogP contribution in [0.2, 0.25) is 0 Å². The van der Waals surface area contributed by atoms with Crippen molar-refractivity contribution in [2.45, 2.75) is 12.8 Å². The summed E-state index contributed by atoms with van der Waals surface area (Å²) in [6.07, 6.45) is 1.23. The van der Waals surface area contributed by atoms with Gasteiger partial charge in [-0.2, -0.15) is 5.26 Å². The fourth-order valence-electron chi connectivity index (χ4n) is 1.72. The highest BCUT2D eigenvalue weighted by molar-refractivity contribution is 7.09. The third-order valence-corrected chi connectivity index (χ3v) is 3.66. The van der Waals surface area contributed by atoms with Gasteiger partial charge in [0.1, 0.15) is 0 Å². The van der Waals surface area contributed by atoms with Crippen LogP contribution in [0.4, 0.5) is 0 Å². The van der Waals surface area contributed by atoms with Gasteiger partial charge in [0, 0.05) is 11.4 Å². The normalized spacial score (nSPS) is 9.84. The Hall–Kier alpha value is -2.12. The number of benzene rings is 1. The highest BCUT2D eigenvalue weighted by Gasteiger charge is 2.03. The maximum Gasteiger partial charge on any atom is 0.224 e. The molecule has 96 valence electrons. The van der Waals surface area contributed by atoms with Crippen molar-refractivity contribution < 1.29 is 4.79 Å². The molecular formula is C15H14N2OS. The van der Waals surface area contributed by atoms with Crippen LogP contribution in [0.1, 0.15) is 16.0 Å². The van der Waals surface area contributed by atoms with Crippen LogP contribution >= 0.6 is 11.3 Å². The molecule has 1 N–H and O–H groups in total. The third-order valence-electron chi connectivity index (χ3n) is 2.72. The average molecular weight is 270 g/mol. The summed E-state index contributed by atoms with van der Waals surface area (Å²) in [6, 6.07) is 13.2. The molecule has 0 aliphatic rings. The van der Waals surface area contributed by atoms with Gasteiger partial charge in [-0.05, 0) is 35.6 Å². The second-order valence-electron chi connectivity index (χ2n) is 4.16. The van der Waals surface area contributed by atoms with Crippen molar-refractivity contribution in [1.29, 1.82) is 5.26 Å². The zero-order chi connectivity index (χ0) is 13.5. The van der Waals surface area contributed by atoms with Crippen molar-refractivity contribution in [3.05, 3.63) is 57.8 Å². The lowest BCUT2D eigenvalue weighted by Crippen LogP contribution is -2.27.